The van der Waals surface area contributed by atoms with Gasteiger partial charge in [-0.25, -0.2) is 14.5 Å². The van der Waals surface area contributed by atoms with Crippen molar-refractivity contribution < 1.29 is 22.7 Å². The van der Waals surface area contributed by atoms with E-state index < -0.39 is 18.3 Å². The number of carbonyl (C=O) groups is 1. The van der Waals surface area contributed by atoms with E-state index >= 15 is 0 Å². The Morgan fingerprint density at radius 3 is 2.47 bits per heavy atom. The average Bonchev–Trinajstić information content (AvgIpc) is 3.64. The monoisotopic (exact) mass is 605 g/mol. The number of alkyl halides is 3. The SMILES string of the molecule is Cc1cccc(C)c1N1CCSC1=NC(=O)NCC(C#N)c1ccc(-c2ncn(-c3ccc(OC(F)(F)F)cc3)n2)cc1. The fourth-order valence-corrected chi connectivity index (χ4v) is 5.61. The molecule has 220 valence electrons. The fourth-order valence-electron chi connectivity index (χ4n) is 4.67. The smallest absolute Gasteiger partial charge is 0.406 e. The number of urea groups is 1. The summed E-state index contributed by atoms with van der Waals surface area (Å²) in [7, 11) is 0. The second kappa shape index (κ2) is 12.6. The highest BCUT2D eigenvalue weighted by molar-refractivity contribution is 8.14. The van der Waals surface area contributed by atoms with Gasteiger partial charge in [-0.15, -0.1) is 18.3 Å². The predicted octanol–water partition coefficient (Wildman–Crippen LogP) is 6.38. The first-order chi connectivity index (χ1) is 20.6. The van der Waals surface area contributed by atoms with Crippen molar-refractivity contribution in [1.29, 1.82) is 5.26 Å². The highest BCUT2D eigenvalue weighted by atomic mass is 32.2. The van der Waals surface area contributed by atoms with Crippen LogP contribution in [0.1, 0.15) is 22.6 Å². The highest BCUT2D eigenvalue weighted by Crippen LogP contribution is 2.31. The number of carbonyl (C=O) groups excluding carboxylic acids is 1. The molecular weight excluding hydrogens is 579 g/mol. The maximum Gasteiger partial charge on any atom is 0.573 e. The number of anilines is 1. The van der Waals surface area contributed by atoms with E-state index in [-0.39, 0.29) is 12.3 Å². The number of aromatic nitrogens is 3. The molecule has 1 saturated heterocycles. The number of nitrogens with zero attached hydrogens (tertiary/aromatic N) is 6. The van der Waals surface area contributed by atoms with Gasteiger partial charge in [0.2, 0.25) is 0 Å². The Bertz CT molecular complexity index is 1660. The lowest BCUT2D eigenvalue weighted by Crippen LogP contribution is -2.30. The molecule has 13 heteroatoms. The standard InChI is InChI=1S/C30H26F3N7O2S/c1-19-4-3-5-20(2)26(19)39-14-15-43-29(39)37-28(41)35-17-23(16-34)21-6-8-22(9-7-21)27-36-18-40(38-27)24-10-12-25(13-11-24)42-30(31,32)33/h3-13,18,23H,14-15,17H2,1-2H3,(H,35,41). The van der Waals surface area contributed by atoms with Gasteiger partial charge >= 0.3 is 12.4 Å². The molecule has 1 atom stereocenters. The third-order valence-electron chi connectivity index (χ3n) is 6.69. The number of aryl methyl sites for hydroxylation is 2. The lowest BCUT2D eigenvalue weighted by atomic mass is 9.99. The second-order valence-electron chi connectivity index (χ2n) is 9.68. The minimum atomic E-state index is -4.77. The van der Waals surface area contributed by atoms with Crippen LogP contribution in [0.5, 0.6) is 5.75 Å². The van der Waals surface area contributed by atoms with E-state index in [1.165, 1.54) is 47.0 Å². The number of rotatable bonds is 7. The normalized spacial score (nSPS) is 14.9. The molecule has 0 radical (unpaired) electrons. The van der Waals surface area contributed by atoms with Gasteiger partial charge in [0.15, 0.2) is 11.0 Å². The van der Waals surface area contributed by atoms with Gasteiger partial charge in [0.05, 0.1) is 17.7 Å². The van der Waals surface area contributed by atoms with Gasteiger partial charge in [-0.3, -0.25) is 0 Å². The van der Waals surface area contributed by atoms with Crippen molar-refractivity contribution in [1.82, 2.24) is 20.1 Å². The molecule has 43 heavy (non-hydrogen) atoms. The number of ether oxygens (including phenoxy) is 1. The van der Waals surface area contributed by atoms with E-state index in [1.807, 2.05) is 32.0 Å². The van der Waals surface area contributed by atoms with Crippen LogP contribution in [0.25, 0.3) is 17.1 Å². The van der Waals surface area contributed by atoms with Crippen LogP contribution in [0.2, 0.25) is 0 Å². The average molecular weight is 606 g/mol. The molecule has 1 aromatic heterocycles. The topological polar surface area (TPSA) is 108 Å². The Kier molecular flexibility index (Phi) is 8.68. The van der Waals surface area contributed by atoms with E-state index in [0.717, 1.165) is 29.1 Å². The molecule has 1 aliphatic rings. The van der Waals surface area contributed by atoms with Crippen LogP contribution in [0, 0.1) is 25.2 Å². The Labute approximate surface area is 250 Å². The predicted molar refractivity (Wildman–Crippen MR) is 158 cm³/mol. The van der Waals surface area contributed by atoms with Crippen molar-refractivity contribution in [3.05, 3.63) is 89.7 Å². The molecule has 1 N–H and O–H groups in total. The number of nitriles is 1. The van der Waals surface area contributed by atoms with E-state index in [0.29, 0.717) is 27.8 Å². The van der Waals surface area contributed by atoms with Crippen LogP contribution in [0.4, 0.5) is 23.7 Å². The van der Waals surface area contributed by atoms with Gasteiger partial charge in [-0.2, -0.15) is 10.3 Å². The molecule has 0 aliphatic carbocycles. The van der Waals surface area contributed by atoms with Crippen LogP contribution < -0.4 is 15.0 Å². The quantitative estimate of drug-likeness (QED) is 0.261. The third kappa shape index (κ3) is 7.15. The molecular formula is C30H26F3N7O2S. The molecule has 5 rings (SSSR count). The molecule has 4 aromatic rings. The summed E-state index contributed by atoms with van der Waals surface area (Å²) in [6.07, 6.45) is -3.32. The van der Waals surface area contributed by atoms with Crippen molar-refractivity contribution in [3.8, 4) is 28.9 Å². The zero-order valence-corrected chi connectivity index (χ0v) is 24.0. The Morgan fingerprint density at radius 1 is 1.12 bits per heavy atom. The minimum absolute atomic E-state index is 0.0838. The lowest BCUT2D eigenvalue weighted by molar-refractivity contribution is -0.274. The van der Waals surface area contributed by atoms with Gasteiger partial charge in [-0.05, 0) is 54.8 Å². The summed E-state index contributed by atoms with van der Waals surface area (Å²) in [5.41, 5.74) is 5.16. The zero-order chi connectivity index (χ0) is 30.6. The summed E-state index contributed by atoms with van der Waals surface area (Å²) >= 11 is 1.52. The van der Waals surface area contributed by atoms with Crippen LogP contribution in [0.15, 0.2) is 78.0 Å². The van der Waals surface area contributed by atoms with Crippen molar-refractivity contribution in [2.24, 2.45) is 4.99 Å². The van der Waals surface area contributed by atoms with Crippen LogP contribution in [-0.4, -0.2) is 51.2 Å². The highest BCUT2D eigenvalue weighted by Gasteiger charge is 2.31. The van der Waals surface area contributed by atoms with Crippen molar-refractivity contribution >= 4 is 28.6 Å². The van der Waals surface area contributed by atoms with E-state index in [1.54, 1.807) is 24.3 Å². The molecule has 1 fully saturated rings. The number of aliphatic imine (C=N–C) groups is 1. The first kappa shape index (κ1) is 29.7. The van der Waals surface area contributed by atoms with E-state index in [9.17, 15) is 23.2 Å². The van der Waals surface area contributed by atoms with Gasteiger partial charge in [-0.1, -0.05) is 54.2 Å². The Hall–Kier alpha value is -4.83. The molecule has 0 spiro atoms. The fraction of sp³-hybridized carbons (Fsp3) is 0.233. The summed E-state index contributed by atoms with van der Waals surface area (Å²) in [6.45, 7) is 4.91. The molecule has 0 saturated carbocycles. The maximum atomic E-state index is 12.7. The summed E-state index contributed by atoms with van der Waals surface area (Å²) in [5, 5.41) is 17.6. The van der Waals surface area contributed by atoms with Gasteiger partial charge < -0.3 is 15.0 Å². The number of hydrogen-bond acceptors (Lipinski definition) is 6. The Morgan fingerprint density at radius 2 is 1.81 bits per heavy atom. The number of halogens is 3. The summed E-state index contributed by atoms with van der Waals surface area (Å²) in [6, 6.07) is 20.1. The van der Waals surface area contributed by atoms with Gasteiger partial charge in [0.1, 0.15) is 12.1 Å². The maximum absolute atomic E-state index is 12.7. The molecule has 2 amide bonds. The summed E-state index contributed by atoms with van der Waals surface area (Å²) in [5.74, 6) is 0.276. The molecule has 1 unspecified atom stereocenters. The molecule has 1 aliphatic heterocycles. The van der Waals surface area contributed by atoms with Crippen molar-refractivity contribution in [2.45, 2.75) is 26.1 Å². The molecule has 9 nitrogen and oxygen atoms in total. The third-order valence-corrected chi connectivity index (χ3v) is 7.65. The number of benzene rings is 3. The van der Waals surface area contributed by atoms with Crippen molar-refractivity contribution in [3.63, 3.8) is 0 Å². The van der Waals surface area contributed by atoms with Crippen LogP contribution in [-0.2, 0) is 0 Å². The van der Waals surface area contributed by atoms with Gasteiger partial charge in [0, 0.05) is 30.1 Å². The number of para-hydroxylation sites is 1. The van der Waals surface area contributed by atoms with Gasteiger partial charge in [0.25, 0.3) is 0 Å². The molecule has 2 heterocycles. The van der Waals surface area contributed by atoms with Crippen LogP contribution >= 0.6 is 11.8 Å². The number of hydrogen-bond donors (Lipinski definition) is 1. The number of nitrogens with one attached hydrogen (secondary N) is 1. The lowest BCUT2D eigenvalue weighted by Gasteiger charge is -2.22. The van der Waals surface area contributed by atoms with Crippen molar-refractivity contribution in [2.75, 3.05) is 23.7 Å². The van der Waals surface area contributed by atoms with Crippen LogP contribution in [0.3, 0.4) is 0 Å². The molecule has 3 aromatic carbocycles. The minimum Gasteiger partial charge on any atom is -0.406 e. The van der Waals surface area contributed by atoms with E-state index in [2.05, 4.69) is 36.1 Å². The number of thioether (sulfide) groups is 1. The first-order valence-corrected chi connectivity index (χ1v) is 14.2. The number of amides is 2. The zero-order valence-electron chi connectivity index (χ0n) is 23.2. The summed E-state index contributed by atoms with van der Waals surface area (Å²) < 4.78 is 42.5. The van der Waals surface area contributed by atoms with E-state index in [4.69, 9.17) is 0 Å². The summed E-state index contributed by atoms with van der Waals surface area (Å²) in [4.78, 5) is 23.3. The molecule has 0 bridgehead atoms. The number of amidine groups is 1. The largest absolute Gasteiger partial charge is 0.573 e. The Balaban J connectivity index is 1.21. The first-order valence-electron chi connectivity index (χ1n) is 13.2. The second-order valence-corrected chi connectivity index (χ2v) is 10.7.